The average molecular weight is 351 g/mol. The molecule has 3 aromatic rings. The first-order valence-corrected chi connectivity index (χ1v) is 7.80. The number of urea groups is 1. The maximum atomic E-state index is 12.4. The third kappa shape index (κ3) is 3.48. The Hall–Kier alpha value is -3.81. The van der Waals surface area contributed by atoms with Crippen molar-refractivity contribution in [1.82, 2.24) is 10.3 Å². The molecule has 0 bridgehead atoms. The second kappa shape index (κ2) is 6.98. The minimum absolute atomic E-state index is 0.0989. The number of hydrogen-bond donors (Lipinski definition) is 5. The van der Waals surface area contributed by atoms with Gasteiger partial charge < -0.3 is 21.8 Å². The van der Waals surface area contributed by atoms with Gasteiger partial charge in [-0.1, -0.05) is 36.4 Å². The highest BCUT2D eigenvalue weighted by atomic mass is 16.2. The first-order valence-electron chi connectivity index (χ1n) is 7.80. The Kier molecular flexibility index (Phi) is 4.57. The zero-order chi connectivity index (χ0) is 18.7. The molecule has 0 aliphatic heterocycles. The summed E-state index contributed by atoms with van der Waals surface area (Å²) in [7, 11) is 0. The maximum Gasteiger partial charge on any atom is 0.317 e. The summed E-state index contributed by atoms with van der Waals surface area (Å²) in [4.78, 5) is 38.0. The standard InChI is InChI=1S/C18H17N5O3/c19-15(24)14-12-7-6-11(8-13(12)22-16(14)23-18(20)26)17(25)21-9-10-4-2-1-3-5-10/h1-8,22H,9H2,(H2,19,24)(H,21,25)(H3,20,23,26). The molecule has 132 valence electrons. The van der Waals surface area contributed by atoms with Crippen LogP contribution in [0.3, 0.4) is 0 Å². The van der Waals surface area contributed by atoms with Gasteiger partial charge in [-0.3, -0.25) is 14.9 Å². The van der Waals surface area contributed by atoms with E-state index >= 15 is 0 Å². The SMILES string of the molecule is NC(=O)Nc1[nH]c2cc(C(=O)NCc3ccccc3)ccc2c1C(N)=O. The van der Waals surface area contributed by atoms with Crippen molar-refractivity contribution in [2.75, 3.05) is 5.32 Å². The lowest BCUT2D eigenvalue weighted by Gasteiger charge is -2.05. The number of carbonyl (C=O) groups excluding carboxylic acids is 3. The number of benzene rings is 2. The molecule has 1 aromatic heterocycles. The first kappa shape index (κ1) is 17.0. The van der Waals surface area contributed by atoms with Crippen molar-refractivity contribution in [3.63, 3.8) is 0 Å². The van der Waals surface area contributed by atoms with E-state index in [0.717, 1.165) is 5.56 Å². The average Bonchev–Trinajstić information content (AvgIpc) is 2.96. The molecule has 0 unspecified atom stereocenters. The summed E-state index contributed by atoms with van der Waals surface area (Å²) < 4.78 is 0. The van der Waals surface area contributed by atoms with Gasteiger partial charge in [0.15, 0.2) is 0 Å². The summed E-state index contributed by atoms with van der Waals surface area (Å²) in [5.41, 5.74) is 12.4. The lowest BCUT2D eigenvalue weighted by Crippen LogP contribution is -2.22. The maximum absolute atomic E-state index is 12.4. The minimum Gasteiger partial charge on any atom is -0.365 e. The Balaban J connectivity index is 1.87. The van der Waals surface area contributed by atoms with E-state index in [1.54, 1.807) is 18.2 Å². The second-order valence-electron chi connectivity index (χ2n) is 5.66. The van der Waals surface area contributed by atoms with Gasteiger partial charge in [0.05, 0.1) is 5.56 Å². The molecule has 0 radical (unpaired) electrons. The van der Waals surface area contributed by atoms with Crippen molar-refractivity contribution in [3.05, 3.63) is 65.2 Å². The van der Waals surface area contributed by atoms with Crippen LogP contribution in [-0.4, -0.2) is 22.8 Å². The summed E-state index contributed by atoms with van der Waals surface area (Å²) >= 11 is 0. The number of primary amides is 2. The highest BCUT2D eigenvalue weighted by Crippen LogP contribution is 2.26. The topological polar surface area (TPSA) is 143 Å². The molecule has 0 saturated heterocycles. The van der Waals surface area contributed by atoms with E-state index in [-0.39, 0.29) is 17.3 Å². The summed E-state index contributed by atoms with van der Waals surface area (Å²) in [6, 6.07) is 13.4. The molecule has 0 saturated carbocycles. The van der Waals surface area contributed by atoms with Crippen molar-refractivity contribution in [2.45, 2.75) is 6.54 Å². The molecule has 0 atom stereocenters. The van der Waals surface area contributed by atoms with Crippen LogP contribution in [0.1, 0.15) is 26.3 Å². The van der Waals surface area contributed by atoms with Gasteiger partial charge in [0.1, 0.15) is 5.82 Å². The molecule has 8 heteroatoms. The molecule has 1 heterocycles. The van der Waals surface area contributed by atoms with E-state index < -0.39 is 11.9 Å². The zero-order valence-corrected chi connectivity index (χ0v) is 13.7. The zero-order valence-electron chi connectivity index (χ0n) is 13.7. The van der Waals surface area contributed by atoms with Crippen LogP contribution in [0.4, 0.5) is 10.6 Å². The highest BCUT2D eigenvalue weighted by molar-refractivity contribution is 6.13. The van der Waals surface area contributed by atoms with Gasteiger partial charge in [-0.25, -0.2) is 4.79 Å². The monoisotopic (exact) mass is 351 g/mol. The number of aromatic nitrogens is 1. The van der Waals surface area contributed by atoms with E-state index in [1.165, 1.54) is 0 Å². The van der Waals surface area contributed by atoms with Gasteiger partial charge in [-0.05, 0) is 17.7 Å². The lowest BCUT2D eigenvalue weighted by atomic mass is 10.1. The number of anilines is 1. The minimum atomic E-state index is -0.833. The predicted octanol–water partition coefficient (Wildman–Crippen LogP) is 1.69. The smallest absolute Gasteiger partial charge is 0.317 e. The molecule has 0 aliphatic carbocycles. The van der Waals surface area contributed by atoms with Gasteiger partial charge in [0.2, 0.25) is 0 Å². The van der Waals surface area contributed by atoms with Crippen LogP contribution in [0.5, 0.6) is 0 Å². The number of carbonyl (C=O) groups is 3. The number of nitrogens with two attached hydrogens (primary N) is 2. The summed E-state index contributed by atoms with van der Waals surface area (Å²) in [5, 5.41) is 5.63. The van der Waals surface area contributed by atoms with Crippen LogP contribution >= 0.6 is 0 Å². The largest absolute Gasteiger partial charge is 0.365 e. The third-order valence-corrected chi connectivity index (χ3v) is 3.85. The van der Waals surface area contributed by atoms with Gasteiger partial charge in [-0.2, -0.15) is 0 Å². The van der Waals surface area contributed by atoms with E-state index in [9.17, 15) is 14.4 Å². The van der Waals surface area contributed by atoms with Gasteiger partial charge >= 0.3 is 6.03 Å². The Bertz CT molecular complexity index is 995. The van der Waals surface area contributed by atoms with Gasteiger partial charge in [0.25, 0.3) is 11.8 Å². The fraction of sp³-hybridized carbons (Fsp3) is 0.0556. The van der Waals surface area contributed by atoms with E-state index in [0.29, 0.717) is 23.0 Å². The van der Waals surface area contributed by atoms with Crippen LogP contribution in [-0.2, 0) is 6.54 Å². The fourth-order valence-corrected chi connectivity index (χ4v) is 2.69. The van der Waals surface area contributed by atoms with E-state index in [1.807, 2.05) is 30.3 Å². The molecule has 4 amide bonds. The summed E-state index contributed by atoms with van der Waals surface area (Å²) in [6.45, 7) is 0.392. The highest BCUT2D eigenvalue weighted by Gasteiger charge is 2.18. The molecule has 3 rings (SSSR count). The van der Waals surface area contributed by atoms with Crippen LogP contribution in [0, 0.1) is 0 Å². The van der Waals surface area contributed by atoms with E-state index in [2.05, 4.69) is 15.6 Å². The molecule has 7 N–H and O–H groups in total. The van der Waals surface area contributed by atoms with Crippen molar-refractivity contribution < 1.29 is 14.4 Å². The molecule has 8 nitrogen and oxygen atoms in total. The Morgan fingerprint density at radius 3 is 2.38 bits per heavy atom. The Labute approximate surface area is 148 Å². The van der Waals surface area contributed by atoms with Crippen molar-refractivity contribution >= 4 is 34.6 Å². The Morgan fingerprint density at radius 2 is 1.73 bits per heavy atom. The molecule has 0 fully saturated rings. The van der Waals surface area contributed by atoms with Crippen molar-refractivity contribution in [2.24, 2.45) is 11.5 Å². The van der Waals surface area contributed by atoms with Crippen molar-refractivity contribution in [1.29, 1.82) is 0 Å². The molecule has 0 aliphatic rings. The van der Waals surface area contributed by atoms with Crippen LogP contribution in [0.2, 0.25) is 0 Å². The number of amides is 4. The quantitative estimate of drug-likeness (QED) is 0.477. The predicted molar refractivity (Wildman–Crippen MR) is 97.6 cm³/mol. The van der Waals surface area contributed by atoms with Gasteiger partial charge in [-0.15, -0.1) is 0 Å². The molecular formula is C18H17N5O3. The number of aromatic amines is 1. The second-order valence-corrected chi connectivity index (χ2v) is 5.66. The molecule has 0 spiro atoms. The fourth-order valence-electron chi connectivity index (χ4n) is 2.69. The Morgan fingerprint density at radius 1 is 1.00 bits per heavy atom. The number of fused-ring (bicyclic) bond motifs is 1. The van der Waals surface area contributed by atoms with Crippen molar-refractivity contribution in [3.8, 4) is 0 Å². The lowest BCUT2D eigenvalue weighted by molar-refractivity contribution is 0.0950. The van der Waals surface area contributed by atoms with Crippen LogP contribution in [0.25, 0.3) is 10.9 Å². The number of rotatable bonds is 5. The third-order valence-electron chi connectivity index (χ3n) is 3.85. The molecule has 2 aromatic carbocycles. The van der Waals surface area contributed by atoms with Crippen LogP contribution < -0.4 is 22.1 Å². The number of H-pyrrole nitrogens is 1. The number of hydrogen-bond acceptors (Lipinski definition) is 3. The molecule has 26 heavy (non-hydrogen) atoms. The number of nitrogens with one attached hydrogen (secondary N) is 3. The van der Waals surface area contributed by atoms with E-state index in [4.69, 9.17) is 11.5 Å². The summed E-state index contributed by atoms with van der Waals surface area (Å²) in [6.07, 6.45) is 0. The van der Waals surface area contributed by atoms with Gasteiger partial charge in [0, 0.05) is 23.0 Å². The first-order chi connectivity index (χ1) is 12.5. The normalized spacial score (nSPS) is 10.5. The molecular weight excluding hydrogens is 334 g/mol. The summed E-state index contributed by atoms with van der Waals surface area (Å²) in [5.74, 6) is -0.890. The van der Waals surface area contributed by atoms with Crippen LogP contribution in [0.15, 0.2) is 48.5 Å².